The van der Waals surface area contributed by atoms with Crippen molar-refractivity contribution >= 4 is 12.1 Å². The molecule has 0 spiro atoms. The smallest absolute Gasteiger partial charge is 0.450 e. The van der Waals surface area contributed by atoms with Crippen molar-refractivity contribution in [3.05, 3.63) is 23.8 Å². The molecule has 55 heavy (non-hydrogen) atoms. The Morgan fingerprint density at radius 2 is 1.75 bits per heavy atom. The van der Waals surface area contributed by atoms with E-state index in [1.54, 1.807) is 0 Å². The number of hydrogen-bond donors (Lipinski definition) is 2. The van der Waals surface area contributed by atoms with Gasteiger partial charge in [0.15, 0.2) is 0 Å². The molecule has 310 valence electrons. The molecule has 0 unspecified atom stereocenters. The fourth-order valence-corrected chi connectivity index (χ4v) is 12.9. The second kappa shape index (κ2) is 14.4. The van der Waals surface area contributed by atoms with E-state index < -0.39 is 12.3 Å². The molecule has 1 aliphatic heterocycles. The van der Waals surface area contributed by atoms with Gasteiger partial charge in [-0.25, -0.2) is 14.5 Å². The van der Waals surface area contributed by atoms with Gasteiger partial charge in [0, 0.05) is 33.2 Å². The Bertz CT molecular complexity index is 1630. The van der Waals surface area contributed by atoms with E-state index in [2.05, 4.69) is 105 Å². The normalized spacial score (nSPS) is 40.2. The van der Waals surface area contributed by atoms with E-state index in [-0.39, 0.29) is 68.5 Å². The second-order valence-corrected chi connectivity index (χ2v) is 20.9. The molecule has 4 fully saturated rings. The molecule has 1 saturated heterocycles. The highest BCUT2D eigenvalue weighted by Gasteiger charge is 2.72. The van der Waals surface area contributed by atoms with E-state index in [0.717, 1.165) is 38.5 Å². The molecule has 11 heteroatoms. The molecule has 6 rings (SSSR count). The molecule has 0 radical (unpaired) electrons. The first-order valence-electron chi connectivity index (χ1n) is 21.2. The number of rotatable bonds is 11. The molecule has 2 heterocycles. The largest absolute Gasteiger partial charge is 0.506 e. The average Bonchev–Trinajstić information content (AvgIpc) is 3.59. The molecule has 11 nitrogen and oxygen atoms in total. The molecule has 1 aromatic heterocycles. The predicted molar refractivity (Wildman–Crippen MR) is 214 cm³/mol. The number of carbonyl (C=O) groups is 2. The van der Waals surface area contributed by atoms with Gasteiger partial charge in [0.2, 0.25) is 5.82 Å². The van der Waals surface area contributed by atoms with E-state index in [1.807, 2.05) is 18.5 Å². The van der Waals surface area contributed by atoms with Gasteiger partial charge in [0.05, 0.1) is 32.0 Å². The zero-order chi connectivity index (χ0) is 40.7. The van der Waals surface area contributed by atoms with Crippen LogP contribution in [0.5, 0.6) is 0 Å². The minimum absolute atomic E-state index is 0.0486. The molecule has 1 aromatic rings. The molecule has 2 bridgehead atoms. The van der Waals surface area contributed by atoms with Gasteiger partial charge >= 0.3 is 6.16 Å². The molecular formula is C44H73N5O6. The van der Waals surface area contributed by atoms with Crippen LogP contribution in [-0.4, -0.2) is 94.5 Å². The lowest BCUT2D eigenvalue weighted by Gasteiger charge is -2.71. The fourth-order valence-electron chi connectivity index (χ4n) is 12.9. The van der Waals surface area contributed by atoms with Crippen LogP contribution in [0, 0.1) is 56.7 Å². The van der Waals surface area contributed by atoms with Crippen molar-refractivity contribution in [3.63, 3.8) is 0 Å². The minimum Gasteiger partial charge on any atom is -0.450 e. The van der Waals surface area contributed by atoms with Crippen LogP contribution in [-0.2, 0) is 14.2 Å². The van der Waals surface area contributed by atoms with Crippen molar-refractivity contribution in [2.75, 3.05) is 33.9 Å². The summed E-state index contributed by atoms with van der Waals surface area (Å²) in [4.78, 5) is 33.1. The van der Waals surface area contributed by atoms with Gasteiger partial charge in [-0.1, -0.05) is 74.0 Å². The summed E-state index contributed by atoms with van der Waals surface area (Å²) in [5, 5.41) is 18.1. The summed E-state index contributed by atoms with van der Waals surface area (Å²) >= 11 is 0. The van der Waals surface area contributed by atoms with Crippen molar-refractivity contribution < 1.29 is 28.9 Å². The Kier molecular flexibility index (Phi) is 11.0. The van der Waals surface area contributed by atoms with Crippen molar-refractivity contribution in [2.45, 2.75) is 151 Å². The third kappa shape index (κ3) is 6.30. The molecule has 12 atom stereocenters. The summed E-state index contributed by atoms with van der Waals surface area (Å²) in [7, 11) is 4.25. The lowest BCUT2D eigenvalue weighted by molar-refractivity contribution is -0.258. The van der Waals surface area contributed by atoms with Crippen LogP contribution in [0.1, 0.15) is 138 Å². The third-order valence-electron chi connectivity index (χ3n) is 17.3. The third-order valence-corrected chi connectivity index (χ3v) is 17.3. The van der Waals surface area contributed by atoms with Gasteiger partial charge in [-0.05, 0) is 108 Å². The van der Waals surface area contributed by atoms with E-state index in [0.29, 0.717) is 43.4 Å². The Balaban J connectivity index is 1.48. The first-order chi connectivity index (χ1) is 25.5. The minimum atomic E-state index is -1.18. The standard InChI is InChI=1S/C44H73N5O6/c1-26(2)29(7)39(8)19-20-41(10)30-15-16-33-40(9)22-53-24-44(33,31(30)17-18-42(41,11)37(39)55-38(51)52)21-32(34(40)54-23-43(12,27(3)4)48(13)14)49-35(45-25-46-49)36(50)47-28(5)6/h17,25-30,32-34,37H,15-16,18-24H2,1-14H3,(H,47,50)(H,51,52)/t29-,30+,32-,33+,34+,37-,39-,40-,41-,42-,43+,44+/m1/s1. The van der Waals surface area contributed by atoms with Crippen molar-refractivity contribution in [3.8, 4) is 0 Å². The number of ether oxygens (including phenoxy) is 3. The number of amides is 1. The van der Waals surface area contributed by atoms with Crippen LogP contribution in [0.15, 0.2) is 18.0 Å². The number of nitrogens with one attached hydrogen (secondary N) is 1. The summed E-state index contributed by atoms with van der Waals surface area (Å²) in [6.07, 6.45) is 7.54. The highest BCUT2D eigenvalue weighted by Crippen LogP contribution is 2.74. The Morgan fingerprint density at radius 1 is 1.05 bits per heavy atom. The predicted octanol–water partition coefficient (Wildman–Crippen LogP) is 8.27. The average molecular weight is 768 g/mol. The number of nitrogens with zero attached hydrogens (tertiary/aromatic N) is 4. The van der Waals surface area contributed by atoms with Crippen LogP contribution < -0.4 is 5.32 Å². The highest BCUT2D eigenvalue weighted by molar-refractivity contribution is 5.90. The van der Waals surface area contributed by atoms with Crippen LogP contribution in [0.3, 0.4) is 0 Å². The van der Waals surface area contributed by atoms with E-state index >= 15 is 0 Å². The molecule has 2 N–H and O–H groups in total. The lowest BCUT2D eigenvalue weighted by atomic mass is 9.35. The summed E-state index contributed by atoms with van der Waals surface area (Å²) in [6.45, 7) is 28.6. The van der Waals surface area contributed by atoms with E-state index in [1.165, 1.54) is 11.9 Å². The number of likely N-dealkylation sites (N-methyl/N-ethyl adjacent to an activating group) is 1. The SMILES string of the molecule is CC(C)NC(=O)c1ncnn1[C@@H]1C[C@@]23COC[C@](C)([C@@H]2CC[C@H]2C3=CC[C@]3(C)[C@H](OC(=O)O)[C@@](C)([C@H](C)C(C)C)CC[C@]23C)[C@H]1OC[C@@](C)(C(C)C)N(C)C. The maximum absolute atomic E-state index is 13.7. The van der Waals surface area contributed by atoms with E-state index in [4.69, 9.17) is 19.3 Å². The number of aromatic nitrogens is 3. The summed E-state index contributed by atoms with van der Waals surface area (Å²) in [5.41, 5.74) is -0.300. The van der Waals surface area contributed by atoms with Crippen molar-refractivity contribution in [1.29, 1.82) is 0 Å². The zero-order valence-corrected chi connectivity index (χ0v) is 36.5. The molecule has 4 aliphatic carbocycles. The first kappa shape index (κ1) is 42.1. The fraction of sp³-hybridized carbons (Fsp3) is 0.864. The summed E-state index contributed by atoms with van der Waals surface area (Å²) < 4.78 is 22.1. The van der Waals surface area contributed by atoms with Gasteiger partial charge < -0.3 is 29.5 Å². The second-order valence-electron chi connectivity index (χ2n) is 20.9. The van der Waals surface area contributed by atoms with Crippen molar-refractivity contribution in [1.82, 2.24) is 25.0 Å². The highest BCUT2D eigenvalue weighted by atomic mass is 16.7. The Labute approximate surface area is 331 Å². The number of allylic oxidation sites excluding steroid dienone is 1. The summed E-state index contributed by atoms with van der Waals surface area (Å²) in [5.74, 6) is 1.64. The summed E-state index contributed by atoms with van der Waals surface area (Å²) in [6, 6.07) is -0.308. The van der Waals surface area contributed by atoms with Gasteiger partial charge in [0.1, 0.15) is 12.4 Å². The Morgan fingerprint density at radius 3 is 2.35 bits per heavy atom. The van der Waals surface area contributed by atoms with Gasteiger partial charge in [-0.15, -0.1) is 0 Å². The zero-order valence-electron chi connectivity index (χ0n) is 36.5. The molecule has 1 amide bonds. The van der Waals surface area contributed by atoms with Crippen LogP contribution in [0.25, 0.3) is 0 Å². The monoisotopic (exact) mass is 768 g/mol. The van der Waals surface area contributed by atoms with Crippen LogP contribution in [0.4, 0.5) is 4.79 Å². The van der Waals surface area contributed by atoms with Crippen LogP contribution in [0.2, 0.25) is 0 Å². The van der Waals surface area contributed by atoms with E-state index in [9.17, 15) is 14.7 Å². The van der Waals surface area contributed by atoms with Crippen LogP contribution >= 0.6 is 0 Å². The molecule has 0 aromatic carbocycles. The van der Waals surface area contributed by atoms with Gasteiger partial charge in [0.25, 0.3) is 5.91 Å². The molecule has 5 aliphatic rings. The maximum atomic E-state index is 13.7. The number of fused-ring (bicyclic) bond motifs is 3. The number of carboxylic acid groups (broad SMARTS) is 1. The number of hydrogen-bond acceptors (Lipinski definition) is 8. The topological polar surface area (TPSA) is 128 Å². The number of carbonyl (C=O) groups excluding carboxylic acids is 1. The lowest BCUT2D eigenvalue weighted by Crippen LogP contribution is -2.70. The molecular weight excluding hydrogens is 695 g/mol. The van der Waals surface area contributed by atoms with Gasteiger partial charge in [-0.3, -0.25) is 4.79 Å². The van der Waals surface area contributed by atoms with Gasteiger partial charge in [-0.2, -0.15) is 5.10 Å². The Hall–Kier alpha value is -2.50. The first-order valence-corrected chi connectivity index (χ1v) is 21.2. The molecule has 3 saturated carbocycles. The van der Waals surface area contributed by atoms with Crippen molar-refractivity contribution in [2.24, 2.45) is 56.7 Å². The quantitative estimate of drug-likeness (QED) is 0.169. The maximum Gasteiger partial charge on any atom is 0.506 e.